The molecule has 2 aliphatic heterocycles. The number of carbonyl (C=O) groups excluding carboxylic acids is 1. The van der Waals surface area contributed by atoms with E-state index in [9.17, 15) is 18.0 Å². The van der Waals surface area contributed by atoms with Crippen LogP contribution in [0.5, 0.6) is 0 Å². The van der Waals surface area contributed by atoms with Crippen molar-refractivity contribution in [2.75, 3.05) is 38.1 Å². The summed E-state index contributed by atoms with van der Waals surface area (Å²) in [5.41, 5.74) is 0.695. The van der Waals surface area contributed by atoms with Gasteiger partial charge in [0.1, 0.15) is 17.6 Å². The van der Waals surface area contributed by atoms with Gasteiger partial charge in [-0.3, -0.25) is 4.79 Å². The van der Waals surface area contributed by atoms with Crippen LogP contribution >= 0.6 is 0 Å². The summed E-state index contributed by atoms with van der Waals surface area (Å²) in [6.45, 7) is 0.598. The molecule has 2 aromatic carbocycles. The standard InChI is InChI=1S/C28H26F4N6O/c1-34-15-18-3-2-9-36(16-18)27(39)24-13-26(19-4-5-20(14-33)22(29)11-19)38(35-24)25-7-6-21(12-23(25)30)37-10-8-28(31,32)17-37/h4-7,11-13,15,18H,2-3,8-10,16-17H2,1H3. The second-order valence-electron chi connectivity index (χ2n) is 9.86. The van der Waals surface area contributed by atoms with Crippen molar-refractivity contribution < 1.29 is 22.4 Å². The Balaban J connectivity index is 1.54. The lowest BCUT2D eigenvalue weighted by Crippen LogP contribution is -2.40. The van der Waals surface area contributed by atoms with E-state index in [-0.39, 0.29) is 53.0 Å². The molecule has 2 saturated heterocycles. The highest BCUT2D eigenvalue weighted by atomic mass is 19.3. The van der Waals surface area contributed by atoms with E-state index < -0.39 is 24.1 Å². The molecule has 1 amide bonds. The van der Waals surface area contributed by atoms with E-state index in [0.717, 1.165) is 25.0 Å². The Bertz CT molecular complexity index is 1480. The van der Waals surface area contributed by atoms with Crippen LogP contribution in [0, 0.1) is 28.9 Å². The molecule has 1 aromatic heterocycles. The van der Waals surface area contributed by atoms with Crippen LogP contribution in [0.1, 0.15) is 35.3 Å². The second kappa shape index (κ2) is 10.5. The van der Waals surface area contributed by atoms with Gasteiger partial charge in [-0.15, -0.1) is 0 Å². The van der Waals surface area contributed by atoms with Crippen molar-refractivity contribution in [3.05, 3.63) is 65.4 Å². The average Bonchev–Trinajstić information content (AvgIpc) is 3.52. The summed E-state index contributed by atoms with van der Waals surface area (Å²) in [5.74, 6) is -4.58. The van der Waals surface area contributed by atoms with E-state index in [1.165, 1.54) is 39.9 Å². The van der Waals surface area contributed by atoms with Crippen LogP contribution in [0.2, 0.25) is 0 Å². The molecule has 0 saturated carbocycles. The third-order valence-electron chi connectivity index (χ3n) is 7.11. The highest BCUT2D eigenvalue weighted by Gasteiger charge is 2.38. The molecule has 2 aliphatic rings. The minimum absolute atomic E-state index is 0.0295. The number of alkyl halides is 2. The van der Waals surface area contributed by atoms with Crippen molar-refractivity contribution in [3.8, 4) is 23.0 Å². The zero-order chi connectivity index (χ0) is 27.7. The van der Waals surface area contributed by atoms with Crippen LogP contribution in [-0.4, -0.2) is 66.0 Å². The Labute approximate surface area is 223 Å². The van der Waals surface area contributed by atoms with E-state index in [1.54, 1.807) is 18.0 Å². The Hall–Kier alpha value is -4.20. The monoisotopic (exact) mass is 538 g/mol. The first-order valence-corrected chi connectivity index (χ1v) is 12.6. The third-order valence-corrected chi connectivity index (χ3v) is 7.11. The van der Waals surface area contributed by atoms with Gasteiger partial charge in [-0.05, 0) is 49.2 Å². The molecular weight excluding hydrogens is 512 g/mol. The molecule has 3 heterocycles. The maximum absolute atomic E-state index is 15.5. The number of aliphatic imine (C=N–C) groups is 1. The summed E-state index contributed by atoms with van der Waals surface area (Å²) in [5, 5.41) is 13.5. The SMILES string of the molecule is CN=CC1CCCN(C(=O)c2cc(-c3ccc(C#N)c(F)c3)n(-c3ccc(N4CCC(F)(F)C4)cc3F)n2)C1. The Morgan fingerprint density at radius 1 is 1.15 bits per heavy atom. The lowest BCUT2D eigenvalue weighted by atomic mass is 9.99. The van der Waals surface area contributed by atoms with Crippen LogP contribution < -0.4 is 4.90 Å². The van der Waals surface area contributed by atoms with Crippen LogP contribution in [0.4, 0.5) is 23.2 Å². The first-order valence-electron chi connectivity index (χ1n) is 12.6. The zero-order valence-electron chi connectivity index (χ0n) is 21.2. The smallest absolute Gasteiger partial charge is 0.274 e. The lowest BCUT2D eigenvalue weighted by molar-refractivity contribution is 0.0257. The number of aromatic nitrogens is 2. The number of benzene rings is 2. The van der Waals surface area contributed by atoms with Crippen LogP contribution in [0.15, 0.2) is 47.5 Å². The minimum atomic E-state index is -2.84. The normalized spacial score (nSPS) is 19.0. The lowest BCUT2D eigenvalue weighted by Gasteiger charge is -2.30. The van der Waals surface area contributed by atoms with E-state index in [1.807, 2.05) is 6.21 Å². The number of anilines is 1. The number of rotatable bonds is 5. The van der Waals surface area contributed by atoms with Crippen LogP contribution in [-0.2, 0) is 0 Å². The van der Waals surface area contributed by atoms with Gasteiger partial charge in [0.2, 0.25) is 0 Å². The fourth-order valence-electron chi connectivity index (χ4n) is 5.15. The fraction of sp³-hybridized carbons (Fsp3) is 0.357. The molecule has 5 rings (SSSR count). The van der Waals surface area contributed by atoms with Gasteiger partial charge >= 0.3 is 0 Å². The van der Waals surface area contributed by atoms with Crippen molar-refractivity contribution in [1.29, 1.82) is 5.26 Å². The molecular formula is C28H26F4N6O. The van der Waals surface area contributed by atoms with E-state index in [2.05, 4.69) is 10.1 Å². The number of piperidine rings is 1. The van der Waals surface area contributed by atoms with Crippen molar-refractivity contribution >= 4 is 17.8 Å². The number of likely N-dealkylation sites (tertiary alicyclic amines) is 1. The highest BCUT2D eigenvalue weighted by molar-refractivity contribution is 5.94. The van der Waals surface area contributed by atoms with Crippen LogP contribution in [0.25, 0.3) is 16.9 Å². The van der Waals surface area contributed by atoms with Crippen molar-refractivity contribution in [3.63, 3.8) is 0 Å². The number of carbonyl (C=O) groups is 1. The number of hydrogen-bond donors (Lipinski definition) is 0. The molecule has 7 nitrogen and oxygen atoms in total. The molecule has 202 valence electrons. The molecule has 0 radical (unpaired) electrons. The van der Waals surface area contributed by atoms with Gasteiger partial charge in [-0.1, -0.05) is 6.07 Å². The molecule has 1 unspecified atom stereocenters. The molecule has 0 aliphatic carbocycles. The number of nitriles is 1. The molecule has 0 bridgehead atoms. The predicted molar refractivity (Wildman–Crippen MR) is 138 cm³/mol. The molecule has 11 heteroatoms. The first kappa shape index (κ1) is 26.4. The second-order valence-corrected chi connectivity index (χ2v) is 9.86. The molecule has 2 fully saturated rings. The van der Waals surface area contributed by atoms with E-state index in [0.29, 0.717) is 18.8 Å². The van der Waals surface area contributed by atoms with E-state index >= 15 is 4.39 Å². The van der Waals surface area contributed by atoms with Crippen molar-refractivity contribution in [2.45, 2.75) is 25.2 Å². The Kier molecular flexibility index (Phi) is 7.12. The maximum atomic E-state index is 15.5. The predicted octanol–water partition coefficient (Wildman–Crippen LogP) is 5.09. The van der Waals surface area contributed by atoms with Crippen molar-refractivity contribution in [2.24, 2.45) is 10.9 Å². The summed E-state index contributed by atoms with van der Waals surface area (Å²) in [6, 6.07) is 11.2. The first-order chi connectivity index (χ1) is 18.7. The third kappa shape index (κ3) is 5.37. The topological polar surface area (TPSA) is 77.5 Å². The van der Waals surface area contributed by atoms with Gasteiger partial charge in [0, 0.05) is 56.5 Å². The van der Waals surface area contributed by atoms with Gasteiger partial charge in [-0.25, -0.2) is 22.2 Å². The number of nitrogens with zero attached hydrogens (tertiary/aromatic N) is 6. The Morgan fingerprint density at radius 3 is 2.64 bits per heavy atom. The van der Waals surface area contributed by atoms with Gasteiger partial charge in [-0.2, -0.15) is 10.4 Å². The fourth-order valence-corrected chi connectivity index (χ4v) is 5.15. The van der Waals surface area contributed by atoms with Gasteiger partial charge < -0.3 is 14.8 Å². The highest BCUT2D eigenvalue weighted by Crippen LogP contribution is 2.33. The maximum Gasteiger partial charge on any atom is 0.274 e. The van der Waals surface area contributed by atoms with Gasteiger partial charge in [0.25, 0.3) is 11.8 Å². The largest absolute Gasteiger partial charge is 0.365 e. The summed E-state index contributed by atoms with van der Waals surface area (Å²) in [6.07, 6.45) is 3.21. The molecule has 0 spiro atoms. The summed E-state index contributed by atoms with van der Waals surface area (Å²) >= 11 is 0. The quantitative estimate of drug-likeness (QED) is 0.335. The number of hydrogen-bond acceptors (Lipinski definition) is 5. The summed E-state index contributed by atoms with van der Waals surface area (Å²) in [4.78, 5) is 20.6. The summed E-state index contributed by atoms with van der Waals surface area (Å²) in [7, 11) is 1.68. The Morgan fingerprint density at radius 2 is 1.97 bits per heavy atom. The van der Waals surface area contributed by atoms with Gasteiger partial charge in [0.15, 0.2) is 11.5 Å². The molecule has 39 heavy (non-hydrogen) atoms. The number of halogens is 4. The molecule has 0 N–H and O–H groups in total. The van der Waals surface area contributed by atoms with Crippen LogP contribution in [0.3, 0.4) is 0 Å². The average molecular weight is 539 g/mol. The molecule has 1 atom stereocenters. The minimum Gasteiger partial charge on any atom is -0.365 e. The zero-order valence-corrected chi connectivity index (χ0v) is 21.2. The molecule has 3 aromatic rings. The summed E-state index contributed by atoms with van der Waals surface area (Å²) < 4.78 is 58.6. The van der Waals surface area contributed by atoms with E-state index in [4.69, 9.17) is 5.26 Å². The van der Waals surface area contributed by atoms with Gasteiger partial charge in [0.05, 0.1) is 17.8 Å². The van der Waals surface area contributed by atoms with Crippen molar-refractivity contribution in [1.82, 2.24) is 14.7 Å². The number of amides is 1.